The molecule has 39 heavy (non-hydrogen) atoms. The fourth-order valence-corrected chi connectivity index (χ4v) is 4.88. The first-order chi connectivity index (χ1) is 18.7. The number of nitrogens with one attached hydrogen (secondary N) is 4. The van der Waals surface area contributed by atoms with Gasteiger partial charge < -0.3 is 36.3 Å². The molecule has 3 amide bonds. The van der Waals surface area contributed by atoms with E-state index >= 15 is 0 Å². The molecule has 4 rings (SSSR count). The molecule has 1 saturated heterocycles. The molecule has 0 saturated carbocycles. The largest absolute Gasteiger partial charge is 0.480 e. The molecule has 0 spiro atoms. The van der Waals surface area contributed by atoms with Crippen LogP contribution >= 0.6 is 0 Å². The van der Waals surface area contributed by atoms with Crippen LogP contribution in [0.1, 0.15) is 37.9 Å². The van der Waals surface area contributed by atoms with E-state index in [4.69, 9.17) is 5.73 Å². The quantitative estimate of drug-likeness (QED) is 0.208. The van der Waals surface area contributed by atoms with E-state index in [1.165, 1.54) is 11.2 Å². The Bertz CT molecular complexity index is 1320. The molecule has 12 heteroatoms. The molecule has 1 aliphatic rings. The predicted molar refractivity (Wildman–Crippen MR) is 143 cm³/mol. The summed E-state index contributed by atoms with van der Waals surface area (Å²) in [6.45, 7) is 3.93. The minimum absolute atomic E-state index is 0.0807. The van der Waals surface area contributed by atoms with Gasteiger partial charge in [-0.15, -0.1) is 0 Å². The number of amides is 3. The number of likely N-dealkylation sites (tertiary alicyclic amines) is 1. The number of hydrogen-bond acceptors (Lipinski definition) is 6. The average molecular weight is 538 g/mol. The summed E-state index contributed by atoms with van der Waals surface area (Å²) in [6.07, 6.45) is 5.95. The van der Waals surface area contributed by atoms with Gasteiger partial charge in [0, 0.05) is 48.4 Å². The van der Waals surface area contributed by atoms with Crippen LogP contribution in [0.15, 0.2) is 43.0 Å². The van der Waals surface area contributed by atoms with E-state index in [0.29, 0.717) is 25.1 Å². The van der Waals surface area contributed by atoms with Gasteiger partial charge in [0.05, 0.1) is 12.4 Å². The van der Waals surface area contributed by atoms with Gasteiger partial charge in [-0.1, -0.05) is 32.0 Å². The first-order valence-electron chi connectivity index (χ1n) is 13.1. The number of aromatic amines is 2. The number of carbonyl (C=O) groups excluding carboxylic acids is 3. The molecule has 0 radical (unpaired) electrons. The van der Waals surface area contributed by atoms with E-state index in [1.807, 2.05) is 38.1 Å². The number of carbonyl (C=O) groups is 4. The Kier molecular flexibility index (Phi) is 8.65. The number of rotatable bonds is 11. The summed E-state index contributed by atoms with van der Waals surface area (Å²) in [5.74, 6) is -2.75. The van der Waals surface area contributed by atoms with Crippen molar-refractivity contribution in [3.05, 3.63) is 54.2 Å². The standard InChI is InChI=1S/C27H35N7O5/c1-15(2)23(28)25(36)32-20(11-17-13-29-14-31-17)26(37)34-9-5-8-22(34)24(35)33-21(27(38)39)10-16-12-30-19-7-4-3-6-18(16)19/h3-4,6-7,12-15,20-23,30H,5,8-11,28H2,1-2H3,(H,29,31)(H,32,36)(H,33,35)(H,38,39). The summed E-state index contributed by atoms with van der Waals surface area (Å²) in [5, 5.41) is 16.1. The maximum absolute atomic E-state index is 13.7. The fourth-order valence-electron chi connectivity index (χ4n) is 4.88. The summed E-state index contributed by atoms with van der Waals surface area (Å²) in [7, 11) is 0. The molecule has 1 fully saturated rings. The maximum atomic E-state index is 13.7. The summed E-state index contributed by atoms with van der Waals surface area (Å²) in [4.78, 5) is 63.3. The highest BCUT2D eigenvalue weighted by molar-refractivity contribution is 5.95. The van der Waals surface area contributed by atoms with E-state index in [1.54, 1.807) is 12.4 Å². The third-order valence-electron chi connectivity index (χ3n) is 7.17. The first-order valence-corrected chi connectivity index (χ1v) is 13.1. The lowest BCUT2D eigenvalue weighted by Gasteiger charge is -2.30. The minimum atomic E-state index is -1.18. The van der Waals surface area contributed by atoms with Crippen molar-refractivity contribution in [2.45, 2.75) is 63.7 Å². The molecule has 4 atom stereocenters. The third-order valence-corrected chi connectivity index (χ3v) is 7.17. The van der Waals surface area contributed by atoms with Crippen LogP contribution in [0.5, 0.6) is 0 Å². The zero-order chi connectivity index (χ0) is 28.1. The highest BCUT2D eigenvalue weighted by atomic mass is 16.4. The topological polar surface area (TPSA) is 186 Å². The van der Waals surface area contributed by atoms with Crippen molar-refractivity contribution < 1.29 is 24.3 Å². The second-order valence-corrected chi connectivity index (χ2v) is 10.3. The molecule has 0 bridgehead atoms. The molecule has 2 aromatic heterocycles. The van der Waals surface area contributed by atoms with Gasteiger partial charge in [-0.25, -0.2) is 9.78 Å². The number of aliphatic carboxylic acids is 1. The van der Waals surface area contributed by atoms with Gasteiger partial charge in [0.15, 0.2) is 0 Å². The van der Waals surface area contributed by atoms with Gasteiger partial charge in [-0.2, -0.15) is 0 Å². The van der Waals surface area contributed by atoms with Crippen LogP contribution in [0.4, 0.5) is 0 Å². The molecular weight excluding hydrogens is 502 g/mol. The summed E-state index contributed by atoms with van der Waals surface area (Å²) >= 11 is 0. The summed E-state index contributed by atoms with van der Waals surface area (Å²) < 4.78 is 0. The maximum Gasteiger partial charge on any atom is 0.326 e. The molecule has 3 heterocycles. The normalized spacial score (nSPS) is 17.6. The average Bonchev–Trinajstić information content (AvgIpc) is 3.68. The van der Waals surface area contributed by atoms with Crippen molar-refractivity contribution in [3.8, 4) is 0 Å². The lowest BCUT2D eigenvalue weighted by atomic mass is 10.0. The van der Waals surface area contributed by atoms with Gasteiger partial charge in [0.25, 0.3) is 0 Å². The van der Waals surface area contributed by atoms with Crippen molar-refractivity contribution in [3.63, 3.8) is 0 Å². The highest BCUT2D eigenvalue weighted by Gasteiger charge is 2.39. The van der Waals surface area contributed by atoms with Gasteiger partial charge in [0.2, 0.25) is 17.7 Å². The number of benzene rings is 1. The molecule has 3 aromatic rings. The second-order valence-electron chi connectivity index (χ2n) is 10.3. The van der Waals surface area contributed by atoms with Crippen LogP contribution in [-0.4, -0.2) is 79.4 Å². The lowest BCUT2D eigenvalue weighted by Crippen LogP contribution is -2.58. The Morgan fingerprint density at radius 2 is 1.90 bits per heavy atom. The molecule has 208 valence electrons. The SMILES string of the molecule is CC(C)C(N)C(=O)NC(Cc1cnc[nH]1)C(=O)N1CCCC1C(=O)NC(Cc1c[nH]c2ccccc12)C(=O)O. The van der Waals surface area contributed by atoms with Crippen LogP contribution in [0, 0.1) is 5.92 Å². The molecular formula is C27H35N7O5. The van der Waals surface area contributed by atoms with E-state index in [0.717, 1.165) is 16.5 Å². The number of fused-ring (bicyclic) bond motifs is 1. The van der Waals surface area contributed by atoms with E-state index in [2.05, 4.69) is 25.6 Å². The predicted octanol–water partition coefficient (Wildman–Crippen LogP) is 0.705. The van der Waals surface area contributed by atoms with Crippen molar-refractivity contribution in [1.82, 2.24) is 30.5 Å². The molecule has 7 N–H and O–H groups in total. The number of para-hydroxylation sites is 1. The van der Waals surface area contributed by atoms with Gasteiger partial charge in [-0.05, 0) is 30.4 Å². The molecule has 0 aliphatic carbocycles. The fraction of sp³-hybridized carbons (Fsp3) is 0.444. The number of nitrogens with zero attached hydrogens (tertiary/aromatic N) is 2. The van der Waals surface area contributed by atoms with Crippen LogP contribution in [0.3, 0.4) is 0 Å². The summed E-state index contributed by atoms with van der Waals surface area (Å²) in [5.41, 5.74) is 8.28. The highest BCUT2D eigenvalue weighted by Crippen LogP contribution is 2.22. The number of hydrogen-bond donors (Lipinski definition) is 6. The summed E-state index contributed by atoms with van der Waals surface area (Å²) in [6, 6.07) is 3.70. The molecule has 1 aromatic carbocycles. The molecule has 12 nitrogen and oxygen atoms in total. The van der Waals surface area contributed by atoms with Crippen molar-refractivity contribution in [2.24, 2.45) is 11.7 Å². The van der Waals surface area contributed by atoms with Crippen molar-refractivity contribution >= 4 is 34.6 Å². The van der Waals surface area contributed by atoms with E-state index in [-0.39, 0.29) is 18.8 Å². The number of imidazole rings is 1. The Morgan fingerprint density at radius 1 is 1.13 bits per heavy atom. The second kappa shape index (κ2) is 12.1. The molecule has 1 aliphatic heterocycles. The first kappa shape index (κ1) is 27.8. The number of H-pyrrole nitrogens is 2. The molecule has 4 unspecified atom stereocenters. The van der Waals surface area contributed by atoms with Crippen LogP contribution < -0.4 is 16.4 Å². The lowest BCUT2D eigenvalue weighted by molar-refractivity contribution is -0.145. The Morgan fingerprint density at radius 3 is 2.59 bits per heavy atom. The number of nitrogens with two attached hydrogens (primary N) is 1. The zero-order valence-electron chi connectivity index (χ0n) is 22.0. The number of carboxylic acid groups (broad SMARTS) is 1. The minimum Gasteiger partial charge on any atom is -0.480 e. The van der Waals surface area contributed by atoms with Crippen LogP contribution in [-0.2, 0) is 32.0 Å². The van der Waals surface area contributed by atoms with Crippen molar-refractivity contribution in [1.29, 1.82) is 0 Å². The monoisotopic (exact) mass is 537 g/mol. The van der Waals surface area contributed by atoms with E-state index < -0.39 is 47.9 Å². The van der Waals surface area contributed by atoms with Crippen LogP contribution in [0.25, 0.3) is 10.9 Å². The third kappa shape index (κ3) is 6.45. The van der Waals surface area contributed by atoms with Crippen molar-refractivity contribution in [2.75, 3.05) is 6.54 Å². The smallest absolute Gasteiger partial charge is 0.326 e. The van der Waals surface area contributed by atoms with E-state index in [9.17, 15) is 24.3 Å². The Balaban J connectivity index is 1.48. The van der Waals surface area contributed by atoms with Gasteiger partial charge >= 0.3 is 5.97 Å². The zero-order valence-corrected chi connectivity index (χ0v) is 22.0. The Labute approximate surface area is 225 Å². The van der Waals surface area contributed by atoms with Crippen LogP contribution in [0.2, 0.25) is 0 Å². The Hall–Kier alpha value is -4.19. The number of carboxylic acids is 1. The van der Waals surface area contributed by atoms with Gasteiger partial charge in [0.1, 0.15) is 18.1 Å². The van der Waals surface area contributed by atoms with Gasteiger partial charge in [-0.3, -0.25) is 14.4 Å². The number of aromatic nitrogens is 3.